The van der Waals surface area contributed by atoms with Crippen LogP contribution in [0.4, 0.5) is 5.69 Å². The van der Waals surface area contributed by atoms with Gasteiger partial charge in [-0.05, 0) is 53.7 Å². The van der Waals surface area contributed by atoms with Crippen LogP contribution in [0.5, 0.6) is 0 Å². The Morgan fingerprint density at radius 3 is 2.56 bits per heavy atom. The molecule has 0 aliphatic carbocycles. The molecule has 4 rings (SSSR count). The number of aromatic amines is 1. The van der Waals surface area contributed by atoms with Gasteiger partial charge in [-0.1, -0.05) is 30.3 Å². The highest BCUT2D eigenvalue weighted by Crippen LogP contribution is 2.32. The molecule has 27 heavy (non-hydrogen) atoms. The number of benzene rings is 2. The molecule has 4 heteroatoms. The third kappa shape index (κ3) is 4.17. The average molecular weight is 380 g/mol. The van der Waals surface area contributed by atoms with Crippen molar-refractivity contribution in [1.82, 2.24) is 10.3 Å². The molecule has 0 saturated carbocycles. The zero-order valence-electron chi connectivity index (χ0n) is 16.2. The standard InChI is InChI=1S/C23H29N3S/c1-26(2)19-9-7-17(8-10-19)21(15-24-18-11-13-27-14-12-18)22-16-25-23-6-4-3-5-20(22)23/h3-10,16,18,21,24-25H,11-15H2,1-2H3/t21-/m1/s1. The summed E-state index contributed by atoms with van der Waals surface area (Å²) in [5.41, 5.74) is 5.23. The van der Waals surface area contributed by atoms with Crippen LogP contribution in [0, 0.1) is 0 Å². The number of rotatable bonds is 6. The molecule has 0 radical (unpaired) electrons. The maximum atomic E-state index is 3.87. The van der Waals surface area contributed by atoms with Gasteiger partial charge in [0.2, 0.25) is 0 Å². The van der Waals surface area contributed by atoms with Gasteiger partial charge in [0, 0.05) is 55.4 Å². The van der Waals surface area contributed by atoms with Gasteiger partial charge in [0.15, 0.2) is 0 Å². The first kappa shape index (κ1) is 18.5. The maximum absolute atomic E-state index is 3.87. The molecule has 142 valence electrons. The van der Waals surface area contributed by atoms with E-state index in [1.807, 2.05) is 0 Å². The van der Waals surface area contributed by atoms with Crippen molar-refractivity contribution in [2.24, 2.45) is 0 Å². The molecular weight excluding hydrogens is 350 g/mol. The third-order valence-electron chi connectivity index (χ3n) is 5.64. The lowest BCUT2D eigenvalue weighted by Crippen LogP contribution is -2.35. The molecule has 1 fully saturated rings. The second-order valence-corrected chi connectivity index (χ2v) is 8.85. The molecule has 3 aromatic rings. The molecule has 2 heterocycles. The van der Waals surface area contributed by atoms with E-state index in [4.69, 9.17) is 0 Å². The van der Waals surface area contributed by atoms with E-state index in [9.17, 15) is 0 Å². The predicted octanol–water partition coefficient (Wildman–Crippen LogP) is 4.85. The Hall–Kier alpha value is -1.91. The van der Waals surface area contributed by atoms with E-state index < -0.39 is 0 Å². The Balaban J connectivity index is 1.63. The van der Waals surface area contributed by atoms with Crippen molar-refractivity contribution in [3.8, 4) is 0 Å². The van der Waals surface area contributed by atoms with Gasteiger partial charge in [0.1, 0.15) is 0 Å². The summed E-state index contributed by atoms with van der Waals surface area (Å²) < 4.78 is 0. The maximum Gasteiger partial charge on any atom is 0.0457 e. The van der Waals surface area contributed by atoms with Crippen molar-refractivity contribution in [3.63, 3.8) is 0 Å². The largest absolute Gasteiger partial charge is 0.378 e. The lowest BCUT2D eigenvalue weighted by molar-refractivity contribution is 0.472. The summed E-state index contributed by atoms with van der Waals surface area (Å²) in [6.45, 7) is 0.985. The van der Waals surface area contributed by atoms with E-state index in [1.165, 1.54) is 52.1 Å². The van der Waals surface area contributed by atoms with Crippen LogP contribution in [0.2, 0.25) is 0 Å². The summed E-state index contributed by atoms with van der Waals surface area (Å²) in [7, 11) is 4.18. The molecule has 1 aliphatic heterocycles. The summed E-state index contributed by atoms with van der Waals surface area (Å²) in [6, 6.07) is 18.3. The molecule has 0 unspecified atom stereocenters. The number of H-pyrrole nitrogens is 1. The molecule has 0 amide bonds. The van der Waals surface area contributed by atoms with E-state index in [0.717, 1.165) is 6.54 Å². The number of hydrogen-bond donors (Lipinski definition) is 2. The molecule has 0 bridgehead atoms. The van der Waals surface area contributed by atoms with Gasteiger partial charge in [0.25, 0.3) is 0 Å². The summed E-state index contributed by atoms with van der Waals surface area (Å²) >= 11 is 2.08. The Morgan fingerprint density at radius 2 is 1.81 bits per heavy atom. The zero-order valence-corrected chi connectivity index (χ0v) is 17.1. The first-order valence-corrected chi connectivity index (χ1v) is 11.0. The van der Waals surface area contributed by atoms with E-state index in [0.29, 0.717) is 12.0 Å². The summed E-state index contributed by atoms with van der Waals surface area (Å²) in [5, 5.41) is 5.21. The molecule has 1 saturated heterocycles. The molecule has 2 aromatic carbocycles. The average Bonchev–Trinajstić information content (AvgIpc) is 3.13. The summed E-state index contributed by atoms with van der Waals surface area (Å²) in [6.07, 6.45) is 4.77. The fourth-order valence-corrected chi connectivity index (χ4v) is 5.09. The minimum atomic E-state index is 0.354. The van der Waals surface area contributed by atoms with Crippen LogP contribution in [0.3, 0.4) is 0 Å². The van der Waals surface area contributed by atoms with Crippen molar-refractivity contribution >= 4 is 28.4 Å². The Labute approximate surface area is 166 Å². The fourth-order valence-electron chi connectivity index (χ4n) is 3.98. The molecule has 1 atom stereocenters. The molecule has 1 aromatic heterocycles. The number of nitrogens with zero attached hydrogens (tertiary/aromatic N) is 1. The highest BCUT2D eigenvalue weighted by molar-refractivity contribution is 7.99. The number of para-hydroxylation sites is 1. The van der Waals surface area contributed by atoms with Crippen molar-refractivity contribution in [3.05, 3.63) is 65.9 Å². The van der Waals surface area contributed by atoms with Crippen molar-refractivity contribution in [2.45, 2.75) is 24.8 Å². The lowest BCUT2D eigenvalue weighted by Gasteiger charge is -2.26. The van der Waals surface area contributed by atoms with Crippen molar-refractivity contribution < 1.29 is 0 Å². The number of hydrogen-bond acceptors (Lipinski definition) is 3. The summed E-state index contributed by atoms with van der Waals surface area (Å²) in [5.74, 6) is 2.92. The van der Waals surface area contributed by atoms with Gasteiger partial charge >= 0.3 is 0 Å². The Morgan fingerprint density at radius 1 is 1.07 bits per heavy atom. The topological polar surface area (TPSA) is 31.1 Å². The minimum absolute atomic E-state index is 0.354. The Kier molecular flexibility index (Phi) is 5.74. The minimum Gasteiger partial charge on any atom is -0.378 e. The number of nitrogens with one attached hydrogen (secondary N) is 2. The van der Waals surface area contributed by atoms with Gasteiger partial charge in [-0.2, -0.15) is 11.8 Å². The molecule has 2 N–H and O–H groups in total. The third-order valence-corrected chi connectivity index (χ3v) is 6.69. The number of anilines is 1. The number of fused-ring (bicyclic) bond motifs is 1. The molecule has 1 aliphatic rings. The highest BCUT2D eigenvalue weighted by Gasteiger charge is 2.21. The van der Waals surface area contributed by atoms with Crippen molar-refractivity contribution in [2.75, 3.05) is 37.0 Å². The van der Waals surface area contributed by atoms with Gasteiger partial charge in [-0.3, -0.25) is 0 Å². The van der Waals surface area contributed by atoms with Crippen LogP contribution >= 0.6 is 11.8 Å². The SMILES string of the molecule is CN(C)c1ccc([C@@H](CNC2CCSCC2)c2c[nH]c3ccccc23)cc1. The van der Waals surface area contributed by atoms with E-state index in [2.05, 4.69) is 95.8 Å². The fraction of sp³-hybridized carbons (Fsp3) is 0.391. The van der Waals surface area contributed by atoms with Gasteiger partial charge in [-0.25, -0.2) is 0 Å². The van der Waals surface area contributed by atoms with Crippen LogP contribution in [0.1, 0.15) is 29.9 Å². The van der Waals surface area contributed by atoms with Crippen LogP contribution in [-0.2, 0) is 0 Å². The Bertz CT molecular complexity index is 863. The smallest absolute Gasteiger partial charge is 0.0457 e. The molecule has 3 nitrogen and oxygen atoms in total. The second-order valence-electron chi connectivity index (χ2n) is 7.62. The number of thioether (sulfide) groups is 1. The van der Waals surface area contributed by atoms with Gasteiger partial charge in [0.05, 0.1) is 0 Å². The quantitative estimate of drug-likeness (QED) is 0.642. The van der Waals surface area contributed by atoms with Gasteiger partial charge in [-0.15, -0.1) is 0 Å². The van der Waals surface area contributed by atoms with E-state index in [1.54, 1.807) is 0 Å². The lowest BCUT2D eigenvalue weighted by atomic mass is 9.90. The summed E-state index contributed by atoms with van der Waals surface area (Å²) in [4.78, 5) is 5.62. The molecule has 0 spiro atoms. The normalized spacial score (nSPS) is 16.5. The first-order chi connectivity index (χ1) is 13.2. The first-order valence-electron chi connectivity index (χ1n) is 9.87. The van der Waals surface area contributed by atoms with Crippen LogP contribution in [-0.4, -0.2) is 43.2 Å². The van der Waals surface area contributed by atoms with Crippen LogP contribution < -0.4 is 10.2 Å². The zero-order chi connectivity index (χ0) is 18.6. The van der Waals surface area contributed by atoms with E-state index >= 15 is 0 Å². The monoisotopic (exact) mass is 379 g/mol. The van der Waals surface area contributed by atoms with E-state index in [-0.39, 0.29) is 0 Å². The van der Waals surface area contributed by atoms with Gasteiger partial charge < -0.3 is 15.2 Å². The molecular formula is C23H29N3S. The number of aromatic nitrogens is 1. The van der Waals surface area contributed by atoms with Crippen LogP contribution in [0.15, 0.2) is 54.7 Å². The second kappa shape index (κ2) is 8.41. The highest BCUT2D eigenvalue weighted by atomic mass is 32.2. The van der Waals surface area contributed by atoms with Crippen molar-refractivity contribution in [1.29, 1.82) is 0 Å². The predicted molar refractivity (Wildman–Crippen MR) is 119 cm³/mol. The van der Waals surface area contributed by atoms with Crippen LogP contribution in [0.25, 0.3) is 10.9 Å².